The standard InChI is InChI=1S/C6H5N5OS/c12-4-9-6(11-10-4)13-5-7-2-1-3-8-5/h1-3H,(H2,9,10,11,12). The van der Waals surface area contributed by atoms with Gasteiger partial charge in [-0.3, -0.25) is 4.98 Å². The SMILES string of the molecule is O=c1[nH]nc(Sc2ncccn2)[nH]1. The van der Waals surface area contributed by atoms with Gasteiger partial charge in [-0.15, -0.1) is 5.10 Å². The Balaban J connectivity index is 2.20. The molecule has 2 heterocycles. The smallest absolute Gasteiger partial charge is 0.284 e. The van der Waals surface area contributed by atoms with Crippen LogP contribution in [0.4, 0.5) is 0 Å². The van der Waals surface area contributed by atoms with Crippen LogP contribution in [0.1, 0.15) is 0 Å². The fraction of sp³-hybridized carbons (Fsp3) is 0. The van der Waals surface area contributed by atoms with Crippen LogP contribution in [0, 0.1) is 0 Å². The Labute approximate surface area is 76.8 Å². The molecule has 13 heavy (non-hydrogen) atoms. The Morgan fingerprint density at radius 3 is 2.69 bits per heavy atom. The average Bonchev–Trinajstić information content (AvgIpc) is 2.53. The molecule has 6 nitrogen and oxygen atoms in total. The molecule has 0 fully saturated rings. The summed E-state index contributed by atoms with van der Waals surface area (Å²) >= 11 is 1.19. The van der Waals surface area contributed by atoms with Gasteiger partial charge in [-0.25, -0.2) is 19.9 Å². The predicted molar refractivity (Wildman–Crippen MR) is 45.4 cm³/mol. The fourth-order valence-electron chi connectivity index (χ4n) is 0.727. The molecular weight excluding hydrogens is 190 g/mol. The summed E-state index contributed by atoms with van der Waals surface area (Å²) in [5, 5.41) is 6.95. The normalized spacial score (nSPS) is 10.2. The van der Waals surface area contributed by atoms with Gasteiger partial charge in [0.1, 0.15) is 0 Å². The fourth-order valence-corrected chi connectivity index (χ4v) is 1.36. The maximum Gasteiger partial charge on any atom is 0.341 e. The van der Waals surface area contributed by atoms with Crippen molar-refractivity contribution in [1.29, 1.82) is 0 Å². The van der Waals surface area contributed by atoms with Crippen molar-refractivity contribution in [2.24, 2.45) is 0 Å². The molecule has 7 heteroatoms. The van der Waals surface area contributed by atoms with Crippen LogP contribution in [0.15, 0.2) is 33.6 Å². The highest BCUT2D eigenvalue weighted by Gasteiger charge is 2.02. The molecule has 0 atom stereocenters. The van der Waals surface area contributed by atoms with E-state index in [0.717, 1.165) is 0 Å². The molecule has 0 unspecified atom stereocenters. The molecular formula is C6H5N5OS. The monoisotopic (exact) mass is 195 g/mol. The molecule has 0 amide bonds. The summed E-state index contributed by atoms with van der Waals surface area (Å²) in [6.45, 7) is 0. The van der Waals surface area contributed by atoms with E-state index in [1.54, 1.807) is 18.5 Å². The molecule has 0 aliphatic heterocycles. The Hall–Kier alpha value is -1.63. The summed E-state index contributed by atoms with van der Waals surface area (Å²) in [6.07, 6.45) is 3.25. The number of nitrogens with one attached hydrogen (secondary N) is 2. The lowest BCUT2D eigenvalue weighted by Gasteiger charge is -1.91. The minimum absolute atomic E-state index is 0.335. The van der Waals surface area contributed by atoms with Crippen LogP contribution >= 0.6 is 11.8 Å². The molecule has 0 radical (unpaired) electrons. The zero-order valence-electron chi connectivity index (χ0n) is 6.39. The van der Waals surface area contributed by atoms with E-state index in [4.69, 9.17) is 0 Å². The van der Waals surface area contributed by atoms with Crippen molar-refractivity contribution in [2.75, 3.05) is 0 Å². The molecule has 2 N–H and O–H groups in total. The number of rotatable bonds is 2. The quantitative estimate of drug-likeness (QED) is 0.660. The average molecular weight is 195 g/mol. The molecule has 0 saturated carbocycles. The number of aromatic nitrogens is 5. The molecule has 0 aliphatic rings. The number of hydrogen-bond donors (Lipinski definition) is 2. The van der Waals surface area contributed by atoms with E-state index < -0.39 is 0 Å². The third-order valence-corrected chi connectivity index (χ3v) is 1.99. The van der Waals surface area contributed by atoms with Gasteiger partial charge in [-0.1, -0.05) is 0 Å². The van der Waals surface area contributed by atoms with Crippen LogP contribution in [0.2, 0.25) is 0 Å². The van der Waals surface area contributed by atoms with Crippen molar-refractivity contribution in [3.63, 3.8) is 0 Å². The Bertz CT molecular complexity index is 436. The first kappa shape index (κ1) is 7.99. The number of hydrogen-bond acceptors (Lipinski definition) is 5. The molecule has 2 rings (SSSR count). The van der Waals surface area contributed by atoms with Gasteiger partial charge in [-0.05, 0) is 17.8 Å². The third kappa shape index (κ3) is 1.94. The van der Waals surface area contributed by atoms with Gasteiger partial charge in [-0.2, -0.15) is 0 Å². The summed E-state index contributed by atoms with van der Waals surface area (Å²) in [7, 11) is 0. The summed E-state index contributed by atoms with van der Waals surface area (Å²) in [5.74, 6) is 0. The first-order valence-electron chi connectivity index (χ1n) is 3.44. The second-order valence-electron chi connectivity index (χ2n) is 2.12. The first-order chi connectivity index (χ1) is 6.34. The summed E-state index contributed by atoms with van der Waals surface area (Å²) in [4.78, 5) is 21.1. The van der Waals surface area contributed by atoms with E-state index in [9.17, 15) is 4.79 Å². The molecule has 0 aliphatic carbocycles. The summed E-state index contributed by atoms with van der Waals surface area (Å²) < 4.78 is 0. The number of aromatic amines is 2. The van der Waals surface area contributed by atoms with Crippen molar-refractivity contribution in [2.45, 2.75) is 10.3 Å². The van der Waals surface area contributed by atoms with Gasteiger partial charge in [0.2, 0.25) is 0 Å². The number of H-pyrrole nitrogens is 2. The van der Waals surface area contributed by atoms with Crippen LogP contribution in [-0.4, -0.2) is 25.1 Å². The zero-order valence-corrected chi connectivity index (χ0v) is 7.21. The van der Waals surface area contributed by atoms with Crippen LogP contribution in [-0.2, 0) is 0 Å². The molecule has 0 spiro atoms. The molecule has 0 bridgehead atoms. The van der Waals surface area contributed by atoms with Gasteiger partial charge in [0.25, 0.3) is 0 Å². The van der Waals surface area contributed by atoms with Gasteiger partial charge >= 0.3 is 5.69 Å². The second-order valence-corrected chi connectivity index (χ2v) is 3.07. The van der Waals surface area contributed by atoms with Gasteiger partial charge in [0, 0.05) is 12.4 Å². The molecule has 66 valence electrons. The summed E-state index contributed by atoms with van der Waals surface area (Å²) in [5.41, 5.74) is -0.335. The third-order valence-electron chi connectivity index (χ3n) is 1.21. The minimum Gasteiger partial charge on any atom is -0.284 e. The zero-order chi connectivity index (χ0) is 9.10. The maximum absolute atomic E-state index is 10.7. The first-order valence-corrected chi connectivity index (χ1v) is 4.26. The van der Waals surface area contributed by atoms with Crippen LogP contribution in [0.3, 0.4) is 0 Å². The van der Waals surface area contributed by atoms with E-state index in [0.29, 0.717) is 10.3 Å². The Morgan fingerprint density at radius 1 is 1.31 bits per heavy atom. The van der Waals surface area contributed by atoms with E-state index in [1.165, 1.54) is 11.8 Å². The maximum atomic E-state index is 10.7. The topological polar surface area (TPSA) is 87.3 Å². The highest BCUT2D eigenvalue weighted by atomic mass is 32.2. The van der Waals surface area contributed by atoms with E-state index in [2.05, 4.69) is 25.1 Å². The van der Waals surface area contributed by atoms with Crippen molar-refractivity contribution < 1.29 is 0 Å². The Morgan fingerprint density at radius 2 is 2.08 bits per heavy atom. The van der Waals surface area contributed by atoms with E-state index >= 15 is 0 Å². The van der Waals surface area contributed by atoms with Crippen molar-refractivity contribution in [3.8, 4) is 0 Å². The number of nitrogens with zero attached hydrogens (tertiary/aromatic N) is 3. The van der Waals surface area contributed by atoms with Crippen LogP contribution in [0.5, 0.6) is 0 Å². The van der Waals surface area contributed by atoms with E-state index in [1.807, 2.05) is 0 Å². The highest BCUT2D eigenvalue weighted by molar-refractivity contribution is 7.99. The summed E-state index contributed by atoms with van der Waals surface area (Å²) in [6, 6.07) is 1.72. The lowest BCUT2D eigenvalue weighted by molar-refractivity contribution is 0.932. The molecule has 0 aromatic carbocycles. The van der Waals surface area contributed by atoms with Crippen molar-refractivity contribution >= 4 is 11.8 Å². The molecule has 2 aromatic heterocycles. The lowest BCUT2D eigenvalue weighted by atomic mass is 10.7. The van der Waals surface area contributed by atoms with Gasteiger partial charge < -0.3 is 0 Å². The van der Waals surface area contributed by atoms with Gasteiger partial charge in [0.15, 0.2) is 10.3 Å². The van der Waals surface area contributed by atoms with Crippen molar-refractivity contribution in [3.05, 3.63) is 28.9 Å². The largest absolute Gasteiger partial charge is 0.341 e. The van der Waals surface area contributed by atoms with Crippen LogP contribution < -0.4 is 5.69 Å². The second kappa shape index (κ2) is 3.40. The minimum atomic E-state index is -0.335. The molecule has 2 aromatic rings. The van der Waals surface area contributed by atoms with Crippen molar-refractivity contribution in [1.82, 2.24) is 25.1 Å². The highest BCUT2D eigenvalue weighted by Crippen LogP contribution is 2.17. The Kier molecular flexibility index (Phi) is 2.09. The van der Waals surface area contributed by atoms with Crippen LogP contribution in [0.25, 0.3) is 0 Å². The van der Waals surface area contributed by atoms with Gasteiger partial charge in [0.05, 0.1) is 0 Å². The van der Waals surface area contributed by atoms with E-state index in [-0.39, 0.29) is 5.69 Å². The lowest BCUT2D eigenvalue weighted by Crippen LogP contribution is -2.00. The molecule has 0 saturated heterocycles. The predicted octanol–water partition coefficient (Wildman–Crippen LogP) is 0.0392.